The van der Waals surface area contributed by atoms with Crippen LogP contribution in [0.5, 0.6) is 0 Å². The van der Waals surface area contributed by atoms with Crippen molar-refractivity contribution in [2.24, 2.45) is 5.92 Å². The van der Waals surface area contributed by atoms with E-state index < -0.39 is 10.0 Å². The van der Waals surface area contributed by atoms with Crippen molar-refractivity contribution in [2.45, 2.75) is 11.3 Å². The van der Waals surface area contributed by atoms with Crippen LogP contribution in [0.4, 0.5) is 0 Å². The Morgan fingerprint density at radius 2 is 2.20 bits per heavy atom. The molecular formula is C12H17BrCl2N2O2S. The van der Waals surface area contributed by atoms with Crippen LogP contribution in [0, 0.1) is 5.92 Å². The lowest BCUT2D eigenvalue weighted by Crippen LogP contribution is -2.30. The molecule has 1 aromatic carbocycles. The van der Waals surface area contributed by atoms with Crippen LogP contribution < -0.4 is 5.32 Å². The molecule has 1 N–H and O–H groups in total. The van der Waals surface area contributed by atoms with Crippen molar-refractivity contribution >= 4 is 50.0 Å². The van der Waals surface area contributed by atoms with Crippen LogP contribution in [-0.2, 0) is 10.0 Å². The second kappa shape index (κ2) is 7.42. The van der Waals surface area contributed by atoms with E-state index in [0.717, 1.165) is 13.0 Å². The van der Waals surface area contributed by atoms with Crippen LogP contribution in [0.2, 0.25) is 5.02 Å². The van der Waals surface area contributed by atoms with Crippen molar-refractivity contribution in [2.75, 3.05) is 26.7 Å². The molecule has 0 bridgehead atoms. The normalized spacial score (nSPS) is 19.9. The van der Waals surface area contributed by atoms with Gasteiger partial charge in [-0.15, -0.1) is 12.4 Å². The van der Waals surface area contributed by atoms with Gasteiger partial charge in [-0.25, -0.2) is 8.42 Å². The van der Waals surface area contributed by atoms with Gasteiger partial charge in [0, 0.05) is 22.6 Å². The highest BCUT2D eigenvalue weighted by Gasteiger charge is 2.33. The van der Waals surface area contributed by atoms with Crippen LogP contribution in [0.3, 0.4) is 0 Å². The van der Waals surface area contributed by atoms with E-state index in [1.807, 2.05) is 7.05 Å². The average molecular weight is 404 g/mol. The van der Waals surface area contributed by atoms with Crippen LogP contribution in [0.15, 0.2) is 27.6 Å². The number of sulfonamides is 1. The molecule has 1 aromatic rings. The molecule has 1 fully saturated rings. The summed E-state index contributed by atoms with van der Waals surface area (Å²) in [7, 11) is -1.56. The van der Waals surface area contributed by atoms with E-state index in [-0.39, 0.29) is 17.3 Å². The molecule has 0 radical (unpaired) electrons. The first-order chi connectivity index (χ1) is 8.95. The minimum absolute atomic E-state index is 0. The summed E-state index contributed by atoms with van der Waals surface area (Å²) in [6.07, 6.45) is 0.894. The van der Waals surface area contributed by atoms with Crippen LogP contribution in [-0.4, -0.2) is 39.4 Å². The highest BCUT2D eigenvalue weighted by Crippen LogP contribution is 2.30. The molecule has 2 rings (SSSR count). The van der Waals surface area contributed by atoms with Crippen LogP contribution in [0.25, 0.3) is 0 Å². The molecule has 1 aliphatic rings. The van der Waals surface area contributed by atoms with Gasteiger partial charge in [-0.05, 0) is 60.1 Å². The molecule has 1 heterocycles. The first kappa shape index (κ1) is 18.2. The summed E-state index contributed by atoms with van der Waals surface area (Å²) < 4.78 is 27.2. The molecule has 1 unspecified atom stereocenters. The summed E-state index contributed by atoms with van der Waals surface area (Å²) in [5.41, 5.74) is 0. The third-order valence-electron chi connectivity index (χ3n) is 3.25. The molecule has 1 aliphatic heterocycles. The van der Waals surface area contributed by atoms with Gasteiger partial charge >= 0.3 is 0 Å². The molecule has 114 valence electrons. The zero-order chi connectivity index (χ0) is 14.0. The highest BCUT2D eigenvalue weighted by molar-refractivity contribution is 9.10. The van der Waals surface area contributed by atoms with Gasteiger partial charge in [-0.2, -0.15) is 4.31 Å². The Kier molecular flexibility index (Phi) is 6.76. The van der Waals surface area contributed by atoms with E-state index in [0.29, 0.717) is 28.5 Å². The molecule has 0 saturated carbocycles. The van der Waals surface area contributed by atoms with Gasteiger partial charge in [0.15, 0.2) is 0 Å². The van der Waals surface area contributed by atoms with Crippen LogP contribution in [0.1, 0.15) is 6.42 Å². The largest absolute Gasteiger partial charge is 0.319 e. The summed E-state index contributed by atoms with van der Waals surface area (Å²) >= 11 is 9.12. The molecule has 0 aliphatic carbocycles. The molecule has 0 aromatic heterocycles. The van der Waals surface area contributed by atoms with E-state index in [9.17, 15) is 8.42 Å². The first-order valence-electron chi connectivity index (χ1n) is 6.05. The quantitative estimate of drug-likeness (QED) is 0.840. The third kappa shape index (κ3) is 3.87. The lowest BCUT2D eigenvalue weighted by atomic mass is 10.1. The predicted octanol–water partition coefficient (Wildman–Crippen LogP) is 2.75. The molecule has 1 atom stereocenters. The second-order valence-electron chi connectivity index (χ2n) is 4.65. The zero-order valence-electron chi connectivity index (χ0n) is 11.0. The number of hydrogen-bond donors (Lipinski definition) is 1. The van der Waals surface area contributed by atoms with Gasteiger partial charge < -0.3 is 5.32 Å². The minimum Gasteiger partial charge on any atom is -0.319 e. The molecule has 0 spiro atoms. The Bertz CT molecular complexity index is 569. The fourth-order valence-corrected chi connectivity index (χ4v) is 5.17. The zero-order valence-corrected chi connectivity index (χ0v) is 14.9. The standard InChI is InChI=1S/C12H16BrClN2O2S.ClH/c1-15-7-9-4-5-16(8-9)19(17,18)12-3-2-10(14)6-11(12)13;/h2-3,6,9,15H,4-5,7-8H2,1H3;1H. The second-order valence-corrected chi connectivity index (χ2v) is 7.85. The van der Waals surface area contributed by atoms with E-state index in [1.54, 1.807) is 22.5 Å². The lowest BCUT2D eigenvalue weighted by Gasteiger charge is -2.17. The number of hydrogen-bond acceptors (Lipinski definition) is 3. The van der Waals surface area contributed by atoms with E-state index in [2.05, 4.69) is 21.2 Å². The maximum atomic E-state index is 12.5. The number of benzene rings is 1. The van der Waals surface area contributed by atoms with Gasteiger partial charge in [0.2, 0.25) is 10.0 Å². The summed E-state index contributed by atoms with van der Waals surface area (Å²) in [6.45, 7) is 1.98. The van der Waals surface area contributed by atoms with Gasteiger partial charge in [0.1, 0.15) is 0 Å². The number of nitrogens with one attached hydrogen (secondary N) is 1. The van der Waals surface area contributed by atoms with Crippen molar-refractivity contribution in [1.29, 1.82) is 0 Å². The maximum absolute atomic E-state index is 12.5. The lowest BCUT2D eigenvalue weighted by molar-refractivity contribution is 0.451. The molecule has 4 nitrogen and oxygen atoms in total. The maximum Gasteiger partial charge on any atom is 0.244 e. The van der Waals surface area contributed by atoms with Crippen molar-refractivity contribution in [3.63, 3.8) is 0 Å². The minimum atomic E-state index is -3.44. The Hall–Kier alpha value is 0.150. The molecular weight excluding hydrogens is 387 g/mol. The average Bonchev–Trinajstić information content (AvgIpc) is 2.78. The summed E-state index contributed by atoms with van der Waals surface area (Å²) in [5, 5.41) is 3.61. The Labute approximate surface area is 139 Å². The Morgan fingerprint density at radius 1 is 1.50 bits per heavy atom. The molecule has 0 amide bonds. The van der Waals surface area contributed by atoms with Crippen molar-refractivity contribution in [3.8, 4) is 0 Å². The monoisotopic (exact) mass is 402 g/mol. The van der Waals surface area contributed by atoms with Crippen molar-refractivity contribution in [3.05, 3.63) is 27.7 Å². The fraction of sp³-hybridized carbons (Fsp3) is 0.500. The van der Waals surface area contributed by atoms with Gasteiger partial charge in [0.05, 0.1) is 4.90 Å². The fourth-order valence-electron chi connectivity index (χ4n) is 2.29. The van der Waals surface area contributed by atoms with E-state index in [4.69, 9.17) is 11.6 Å². The Balaban J connectivity index is 0.00000200. The predicted molar refractivity (Wildman–Crippen MR) is 87.2 cm³/mol. The van der Waals surface area contributed by atoms with Gasteiger partial charge in [-0.1, -0.05) is 11.6 Å². The third-order valence-corrected chi connectivity index (χ3v) is 6.33. The van der Waals surface area contributed by atoms with Gasteiger partial charge in [-0.3, -0.25) is 0 Å². The highest BCUT2D eigenvalue weighted by atomic mass is 79.9. The summed E-state index contributed by atoms with van der Waals surface area (Å²) in [5.74, 6) is 0.380. The van der Waals surface area contributed by atoms with Crippen molar-refractivity contribution < 1.29 is 8.42 Å². The van der Waals surface area contributed by atoms with E-state index in [1.165, 1.54) is 0 Å². The van der Waals surface area contributed by atoms with Crippen LogP contribution >= 0.6 is 39.9 Å². The van der Waals surface area contributed by atoms with Crippen molar-refractivity contribution in [1.82, 2.24) is 9.62 Å². The Morgan fingerprint density at radius 3 is 2.80 bits per heavy atom. The first-order valence-corrected chi connectivity index (χ1v) is 8.66. The summed E-state index contributed by atoms with van der Waals surface area (Å²) in [6, 6.07) is 4.75. The molecule has 1 saturated heterocycles. The van der Waals surface area contributed by atoms with E-state index >= 15 is 0 Å². The smallest absolute Gasteiger partial charge is 0.244 e. The number of nitrogens with zero attached hydrogens (tertiary/aromatic N) is 1. The SMILES string of the molecule is CNCC1CCN(S(=O)(=O)c2ccc(Cl)cc2Br)C1.Cl. The number of halogens is 3. The summed E-state index contributed by atoms with van der Waals surface area (Å²) in [4.78, 5) is 0.280. The number of rotatable bonds is 4. The van der Waals surface area contributed by atoms with Gasteiger partial charge in [0.25, 0.3) is 0 Å². The topological polar surface area (TPSA) is 49.4 Å². The molecule has 20 heavy (non-hydrogen) atoms. The molecule has 8 heteroatoms.